The fraction of sp³-hybridized carbons (Fsp3) is 0.568. The van der Waals surface area contributed by atoms with E-state index in [1.165, 1.54) is 24.2 Å². The van der Waals surface area contributed by atoms with E-state index in [0.717, 1.165) is 68.6 Å². The highest BCUT2D eigenvalue weighted by molar-refractivity contribution is 7.84. The minimum absolute atomic E-state index is 0.152. The van der Waals surface area contributed by atoms with Crippen LogP contribution in [0.3, 0.4) is 0 Å². The summed E-state index contributed by atoms with van der Waals surface area (Å²) >= 11 is 1.48. The zero-order valence-corrected chi connectivity index (χ0v) is 32.6. The molecular formula is C37H54N6O7S2. The number of hydrogen-bond acceptors (Lipinski definition) is 10. The maximum Gasteiger partial charge on any atom is 0.259 e. The van der Waals surface area contributed by atoms with Gasteiger partial charge in [-0.25, -0.2) is 14.2 Å². The molecule has 1 aromatic carbocycles. The molecule has 0 bridgehead atoms. The van der Waals surface area contributed by atoms with E-state index in [-0.39, 0.29) is 22.8 Å². The first kappa shape index (κ1) is 42.5. The molecule has 1 saturated heterocycles. The maximum absolute atomic E-state index is 12.2. The van der Waals surface area contributed by atoms with Crippen molar-refractivity contribution in [2.24, 2.45) is 0 Å². The molecule has 52 heavy (non-hydrogen) atoms. The number of nitrogens with zero attached hydrogens (tertiary/aromatic N) is 3. The van der Waals surface area contributed by atoms with Crippen LogP contribution in [0.1, 0.15) is 97.1 Å². The summed E-state index contributed by atoms with van der Waals surface area (Å²) in [6.45, 7) is 13.4. The van der Waals surface area contributed by atoms with Crippen LogP contribution in [-0.4, -0.2) is 86.5 Å². The Balaban J connectivity index is 0.000000208. The number of ether oxygens (including phenoxy) is 2. The summed E-state index contributed by atoms with van der Waals surface area (Å²) < 4.78 is 23.5. The molecule has 3 aromatic rings. The molecule has 15 heteroatoms. The molecule has 286 valence electrons. The number of methoxy groups -OCH3 is 1. The number of carbonyl (C=O) groups is 3. The van der Waals surface area contributed by atoms with Gasteiger partial charge < -0.3 is 24.7 Å². The highest BCUT2D eigenvalue weighted by atomic mass is 32.2. The Morgan fingerprint density at radius 2 is 1.88 bits per heavy atom. The molecule has 2 aromatic heterocycles. The first-order valence-electron chi connectivity index (χ1n) is 17.9. The van der Waals surface area contributed by atoms with E-state index in [9.17, 15) is 23.4 Å². The number of thiazole rings is 1. The second-order valence-corrected chi connectivity index (χ2v) is 15.5. The van der Waals surface area contributed by atoms with Crippen molar-refractivity contribution in [2.45, 2.75) is 115 Å². The van der Waals surface area contributed by atoms with Crippen LogP contribution < -0.4 is 20.3 Å². The quantitative estimate of drug-likeness (QED) is 0.104. The van der Waals surface area contributed by atoms with E-state index in [2.05, 4.69) is 52.3 Å². The van der Waals surface area contributed by atoms with Crippen LogP contribution in [-0.2, 0) is 30.1 Å². The Kier molecular flexibility index (Phi) is 18.1. The predicted molar refractivity (Wildman–Crippen MR) is 207 cm³/mol. The van der Waals surface area contributed by atoms with Gasteiger partial charge in [0.1, 0.15) is 22.8 Å². The maximum atomic E-state index is 12.2. The number of carbonyl (C=O) groups excluding carboxylic acids is 3. The van der Waals surface area contributed by atoms with E-state index in [0.29, 0.717) is 53.5 Å². The molecule has 3 atom stereocenters. The number of fused-ring (bicyclic) bond motifs is 1. The summed E-state index contributed by atoms with van der Waals surface area (Å²) in [6, 6.07) is 6.13. The number of aromatic nitrogens is 3. The van der Waals surface area contributed by atoms with Gasteiger partial charge in [0.2, 0.25) is 12.8 Å². The van der Waals surface area contributed by atoms with Crippen molar-refractivity contribution >= 4 is 52.0 Å². The molecular weight excluding hydrogens is 705 g/mol. The molecule has 3 aliphatic rings. The van der Waals surface area contributed by atoms with Crippen molar-refractivity contribution < 1.29 is 28.1 Å². The number of unbranched alkanes of at least 4 members (excludes halogenated alkanes) is 2. The monoisotopic (exact) mass is 758 g/mol. The normalized spacial score (nSPS) is 17.3. The van der Waals surface area contributed by atoms with E-state index >= 15 is 0 Å². The number of rotatable bonds is 15. The molecule has 3 fully saturated rings. The zero-order valence-electron chi connectivity index (χ0n) is 30.9. The highest BCUT2D eigenvalue weighted by Crippen LogP contribution is 2.26. The second-order valence-electron chi connectivity index (χ2n) is 13.1. The molecule has 3 N–H and O–H groups in total. The average molecular weight is 759 g/mol. The second kappa shape index (κ2) is 22.2. The van der Waals surface area contributed by atoms with Crippen LogP contribution in [0.5, 0.6) is 5.75 Å². The lowest BCUT2D eigenvalue weighted by Crippen LogP contribution is -2.41. The van der Waals surface area contributed by atoms with Gasteiger partial charge in [0.05, 0.1) is 29.0 Å². The molecule has 0 radical (unpaired) electrons. The topological polar surface area (TPSA) is 173 Å². The fourth-order valence-corrected chi connectivity index (χ4v) is 6.77. The number of nitrogens with one attached hydrogen (secondary N) is 3. The van der Waals surface area contributed by atoms with Crippen LogP contribution in [0.25, 0.3) is 21.7 Å². The minimum atomic E-state index is -1.08. The van der Waals surface area contributed by atoms with Crippen molar-refractivity contribution in [3.05, 3.63) is 52.3 Å². The Morgan fingerprint density at radius 3 is 2.42 bits per heavy atom. The lowest BCUT2D eigenvalue weighted by atomic mass is 10.2. The molecule has 2 aliphatic carbocycles. The van der Waals surface area contributed by atoms with Gasteiger partial charge in [-0.15, -0.1) is 17.9 Å². The number of hydrogen-bond donors (Lipinski definition) is 3. The van der Waals surface area contributed by atoms with E-state index in [1.807, 2.05) is 23.3 Å². The summed E-state index contributed by atoms with van der Waals surface area (Å²) in [5.41, 5.74) is 1.44. The van der Waals surface area contributed by atoms with E-state index in [4.69, 9.17) is 9.47 Å². The molecule has 1 aliphatic heterocycles. The Hall–Kier alpha value is -3.95. The standard InChI is InChI=1S/C15H15N3O2S.C14H25NO2.C4H7NO2S.C4H7NO/c1-8(2)12-7-21-15(17-12)13-16-11-6-9(20-3)4-5-10(11)14(19)18-13;1-4-5-6-7-11-17-13(3)14(16)15-10-8-9-12(15)2;6-3-5-8(7)4-1-2-4;6-3-5-4-1-2-4/h4-8H,1-3H3,(H,16,18,19);4,12-13H,1,5-11H2,2-3H3;3-4H,1-2H2,(H,5,6);3-4H,1-2H2,(H,5,6)/t;12?,13-;;/m.1../s1. The lowest BCUT2D eigenvalue weighted by Gasteiger charge is -2.25. The lowest BCUT2D eigenvalue weighted by molar-refractivity contribution is -0.143. The van der Waals surface area contributed by atoms with Gasteiger partial charge in [0.25, 0.3) is 11.5 Å². The number of allylic oxidation sites excluding steroid dienone is 1. The Bertz CT molecular complexity index is 1670. The summed E-state index contributed by atoms with van der Waals surface area (Å²) in [5, 5.41) is 6.15. The summed E-state index contributed by atoms with van der Waals surface area (Å²) in [4.78, 5) is 57.2. The third-order valence-corrected chi connectivity index (χ3v) is 10.7. The third kappa shape index (κ3) is 14.2. The van der Waals surface area contributed by atoms with Gasteiger partial charge in [-0.3, -0.25) is 23.9 Å². The molecule has 2 saturated carbocycles. The van der Waals surface area contributed by atoms with Gasteiger partial charge in [-0.1, -0.05) is 19.9 Å². The predicted octanol–water partition coefficient (Wildman–Crippen LogP) is 5.39. The summed E-state index contributed by atoms with van der Waals surface area (Å²) in [5.74, 6) is 1.67. The average Bonchev–Trinajstić information content (AvgIpc) is 4.06. The summed E-state index contributed by atoms with van der Waals surface area (Å²) in [6.07, 6.45) is 12.6. The number of benzene rings is 1. The third-order valence-electron chi connectivity index (χ3n) is 8.46. The molecule has 3 amide bonds. The summed E-state index contributed by atoms with van der Waals surface area (Å²) in [7, 11) is 0.510. The van der Waals surface area contributed by atoms with E-state index in [1.54, 1.807) is 25.3 Å². The molecule has 2 unspecified atom stereocenters. The van der Waals surface area contributed by atoms with Crippen LogP contribution in [0.2, 0.25) is 0 Å². The number of amides is 3. The van der Waals surface area contributed by atoms with Crippen molar-refractivity contribution in [1.29, 1.82) is 0 Å². The first-order chi connectivity index (χ1) is 25.0. The Morgan fingerprint density at radius 1 is 1.13 bits per heavy atom. The minimum Gasteiger partial charge on any atom is -0.497 e. The van der Waals surface area contributed by atoms with Crippen LogP contribution in [0, 0.1) is 0 Å². The van der Waals surface area contributed by atoms with Crippen molar-refractivity contribution in [2.75, 3.05) is 20.3 Å². The number of H-pyrrole nitrogens is 1. The van der Waals surface area contributed by atoms with Gasteiger partial charge in [-0.2, -0.15) is 0 Å². The molecule has 13 nitrogen and oxygen atoms in total. The zero-order chi connectivity index (χ0) is 38.0. The molecule has 3 heterocycles. The first-order valence-corrected chi connectivity index (χ1v) is 20.0. The van der Waals surface area contributed by atoms with Gasteiger partial charge in [-0.05, 0) is 89.7 Å². The molecule has 0 spiro atoms. The smallest absolute Gasteiger partial charge is 0.259 e. The fourth-order valence-electron chi connectivity index (χ4n) is 5.00. The van der Waals surface area contributed by atoms with Gasteiger partial charge in [0, 0.05) is 36.7 Å². The highest BCUT2D eigenvalue weighted by Gasteiger charge is 2.29. The van der Waals surface area contributed by atoms with Crippen LogP contribution in [0.15, 0.2) is 41.0 Å². The van der Waals surface area contributed by atoms with Crippen molar-refractivity contribution in [3.63, 3.8) is 0 Å². The van der Waals surface area contributed by atoms with Gasteiger partial charge in [0.15, 0.2) is 10.8 Å². The SMILES string of the molecule is C=CCCCCO[C@H](C)C(=O)N1CCCC1C.COc1ccc2c(=O)[nH]c(-c3nc(C(C)C)cs3)nc2c1.O=CNC1CC1.O=CNS(=O)C1CC1. The van der Waals surface area contributed by atoms with Crippen molar-refractivity contribution in [1.82, 2.24) is 29.9 Å². The number of aromatic amines is 1. The number of likely N-dealkylation sites (tertiary alicyclic amines) is 1. The van der Waals surface area contributed by atoms with Crippen molar-refractivity contribution in [3.8, 4) is 16.6 Å². The largest absolute Gasteiger partial charge is 0.497 e. The van der Waals surface area contributed by atoms with Crippen LogP contribution >= 0.6 is 11.3 Å². The van der Waals surface area contributed by atoms with E-state index < -0.39 is 11.0 Å². The Labute approximate surface area is 313 Å². The van der Waals surface area contributed by atoms with Gasteiger partial charge >= 0.3 is 0 Å². The van der Waals surface area contributed by atoms with Crippen LogP contribution in [0.4, 0.5) is 0 Å². The molecule has 6 rings (SSSR count).